The number of halogens is 4. The Balaban J connectivity index is 1.85. The number of nitrogens with zero attached hydrogens (tertiary/aromatic N) is 1. The van der Waals surface area contributed by atoms with Crippen LogP contribution in [0.25, 0.3) is 0 Å². The van der Waals surface area contributed by atoms with Gasteiger partial charge in [0.25, 0.3) is 5.69 Å². The first-order valence-corrected chi connectivity index (χ1v) is 9.17. The number of hydrogen-bond donors (Lipinski definition) is 1. The Kier molecular flexibility index (Phi) is 7.53. The number of amides is 1. The highest BCUT2D eigenvalue weighted by atomic mass is 35.5. The third-order valence-electron chi connectivity index (χ3n) is 3.36. The van der Waals surface area contributed by atoms with Gasteiger partial charge in [-0.2, -0.15) is 13.2 Å². The van der Waals surface area contributed by atoms with Crippen molar-refractivity contribution in [2.24, 2.45) is 0 Å². The second kappa shape index (κ2) is 9.65. The van der Waals surface area contributed by atoms with Crippen LogP contribution in [0.5, 0.6) is 5.75 Å². The molecule has 0 aliphatic rings. The fourth-order valence-corrected chi connectivity index (χ4v) is 3.09. The monoisotopic (exact) mass is 434 g/mol. The van der Waals surface area contributed by atoms with E-state index in [4.69, 9.17) is 16.3 Å². The lowest BCUT2D eigenvalue weighted by molar-refractivity contribution is -0.388. The number of hydrogen-bond acceptors (Lipinski definition) is 5. The zero-order valence-corrected chi connectivity index (χ0v) is 15.7. The summed E-state index contributed by atoms with van der Waals surface area (Å²) >= 11 is 6.70. The van der Waals surface area contributed by atoms with E-state index in [0.717, 1.165) is 23.9 Å². The van der Waals surface area contributed by atoms with Crippen molar-refractivity contribution in [3.05, 3.63) is 63.2 Å². The van der Waals surface area contributed by atoms with E-state index < -0.39 is 28.3 Å². The van der Waals surface area contributed by atoms with Crippen LogP contribution in [0, 0.1) is 10.1 Å². The summed E-state index contributed by atoms with van der Waals surface area (Å²) in [4.78, 5) is 21.9. The molecule has 0 unspecified atom stereocenters. The average molecular weight is 435 g/mol. The number of nitrogens with one attached hydrogen (secondary N) is 1. The molecule has 0 spiro atoms. The summed E-state index contributed by atoms with van der Waals surface area (Å²) in [5, 5.41) is 14.0. The number of alkyl halides is 3. The number of thioether (sulfide) groups is 1. The molecule has 2 aromatic rings. The predicted octanol–water partition coefficient (Wildman–Crippen LogP) is 4.55. The minimum atomic E-state index is -4.69. The molecule has 0 saturated carbocycles. The normalized spacial score (nSPS) is 11.1. The fraction of sp³-hybridized carbons (Fsp3) is 0.235. The maximum Gasteiger partial charge on any atom is 0.416 e. The Hall–Kier alpha value is -2.46. The summed E-state index contributed by atoms with van der Waals surface area (Å²) in [5.74, 6) is -0.173. The van der Waals surface area contributed by atoms with Crippen LogP contribution < -0.4 is 10.1 Å². The maximum atomic E-state index is 12.7. The van der Waals surface area contributed by atoms with Gasteiger partial charge in [0.1, 0.15) is 12.4 Å². The predicted molar refractivity (Wildman–Crippen MR) is 98.8 cm³/mol. The Labute approximate surface area is 167 Å². The molecule has 0 aromatic heterocycles. The van der Waals surface area contributed by atoms with Gasteiger partial charge in [-0.25, -0.2) is 0 Å². The maximum absolute atomic E-state index is 12.7. The zero-order valence-electron chi connectivity index (χ0n) is 14.2. The van der Waals surface area contributed by atoms with Crippen molar-refractivity contribution in [2.75, 3.05) is 18.9 Å². The van der Waals surface area contributed by atoms with E-state index in [1.807, 2.05) is 0 Å². The van der Waals surface area contributed by atoms with E-state index >= 15 is 0 Å². The van der Waals surface area contributed by atoms with Crippen LogP contribution in [0.15, 0.2) is 47.4 Å². The fourth-order valence-electron chi connectivity index (χ4n) is 2.07. The minimum absolute atomic E-state index is 0.0273. The molecular formula is C17H14ClF3N2O4S. The van der Waals surface area contributed by atoms with Crippen LogP contribution >= 0.6 is 23.4 Å². The third kappa shape index (κ3) is 6.31. The summed E-state index contributed by atoms with van der Waals surface area (Å²) in [6, 6.07) is 9.00. The standard InChI is InChI=1S/C17H14ClF3N2O4S/c18-12-3-1-2-4-14(12)27-8-7-22-16(24)10-28-15-6-5-11(17(19,20)21)9-13(15)23(25)26/h1-6,9H,7-8,10H2,(H,22,24). The molecule has 1 N–H and O–H groups in total. The number of carbonyl (C=O) groups excluding carboxylic acids is 1. The lowest BCUT2D eigenvalue weighted by Crippen LogP contribution is -2.29. The summed E-state index contributed by atoms with van der Waals surface area (Å²) in [7, 11) is 0. The molecule has 0 fully saturated rings. The molecule has 0 saturated heterocycles. The highest BCUT2D eigenvalue weighted by molar-refractivity contribution is 8.00. The van der Waals surface area contributed by atoms with Gasteiger partial charge in [0, 0.05) is 6.07 Å². The van der Waals surface area contributed by atoms with E-state index in [1.165, 1.54) is 0 Å². The molecule has 0 aliphatic heterocycles. The van der Waals surface area contributed by atoms with Crippen molar-refractivity contribution >= 4 is 35.0 Å². The minimum Gasteiger partial charge on any atom is -0.490 e. The second-order valence-electron chi connectivity index (χ2n) is 5.35. The van der Waals surface area contributed by atoms with Gasteiger partial charge in [0.05, 0.1) is 32.7 Å². The molecule has 0 atom stereocenters. The lowest BCUT2D eigenvalue weighted by Gasteiger charge is -2.10. The Morgan fingerprint density at radius 3 is 2.61 bits per heavy atom. The lowest BCUT2D eigenvalue weighted by atomic mass is 10.2. The van der Waals surface area contributed by atoms with Crippen LogP contribution in [0.3, 0.4) is 0 Å². The number of nitro groups is 1. The highest BCUT2D eigenvalue weighted by Gasteiger charge is 2.33. The number of rotatable bonds is 8. The van der Waals surface area contributed by atoms with Crippen molar-refractivity contribution in [3.8, 4) is 5.75 Å². The van der Waals surface area contributed by atoms with Crippen molar-refractivity contribution in [2.45, 2.75) is 11.1 Å². The largest absolute Gasteiger partial charge is 0.490 e. The van der Waals surface area contributed by atoms with Crippen LogP contribution in [0.1, 0.15) is 5.56 Å². The Morgan fingerprint density at radius 2 is 1.96 bits per heavy atom. The van der Waals surface area contributed by atoms with Crippen molar-refractivity contribution in [1.82, 2.24) is 5.32 Å². The van der Waals surface area contributed by atoms with E-state index in [9.17, 15) is 28.1 Å². The third-order valence-corrected chi connectivity index (χ3v) is 4.74. The molecule has 0 heterocycles. The van der Waals surface area contributed by atoms with Gasteiger partial charge in [0.15, 0.2) is 0 Å². The van der Waals surface area contributed by atoms with Crippen LogP contribution in [-0.4, -0.2) is 29.7 Å². The van der Waals surface area contributed by atoms with Gasteiger partial charge in [-0.3, -0.25) is 14.9 Å². The number of para-hydroxylation sites is 1. The molecule has 0 radical (unpaired) electrons. The molecule has 0 aliphatic carbocycles. The van der Waals surface area contributed by atoms with Gasteiger partial charge in [-0.1, -0.05) is 23.7 Å². The highest BCUT2D eigenvalue weighted by Crippen LogP contribution is 2.36. The SMILES string of the molecule is O=C(CSc1ccc(C(F)(F)F)cc1[N+](=O)[O-])NCCOc1ccccc1Cl. The van der Waals surface area contributed by atoms with Crippen LogP contribution in [-0.2, 0) is 11.0 Å². The molecule has 11 heteroatoms. The topological polar surface area (TPSA) is 81.5 Å². The molecule has 2 aromatic carbocycles. The Bertz CT molecular complexity index is 865. The van der Waals surface area contributed by atoms with E-state index in [1.54, 1.807) is 24.3 Å². The van der Waals surface area contributed by atoms with Crippen molar-refractivity contribution in [3.63, 3.8) is 0 Å². The number of ether oxygens (including phenoxy) is 1. The van der Waals surface area contributed by atoms with Gasteiger partial charge in [-0.15, -0.1) is 11.8 Å². The summed E-state index contributed by atoms with van der Waals surface area (Å²) in [6.07, 6.45) is -4.69. The second-order valence-corrected chi connectivity index (χ2v) is 6.78. The molecule has 150 valence electrons. The zero-order chi connectivity index (χ0) is 20.7. The van der Waals surface area contributed by atoms with Crippen LogP contribution in [0.2, 0.25) is 5.02 Å². The molecule has 0 bridgehead atoms. The molecular weight excluding hydrogens is 421 g/mol. The summed E-state index contributed by atoms with van der Waals surface area (Å²) < 4.78 is 43.4. The van der Waals surface area contributed by atoms with Gasteiger partial charge >= 0.3 is 6.18 Å². The number of carbonyl (C=O) groups is 1. The molecule has 2 rings (SSSR count). The van der Waals surface area contributed by atoms with Crippen molar-refractivity contribution < 1.29 is 27.6 Å². The molecule has 28 heavy (non-hydrogen) atoms. The molecule has 1 amide bonds. The quantitative estimate of drug-likeness (QED) is 0.285. The first-order valence-electron chi connectivity index (χ1n) is 7.81. The van der Waals surface area contributed by atoms with Crippen LogP contribution in [0.4, 0.5) is 18.9 Å². The smallest absolute Gasteiger partial charge is 0.416 e. The van der Waals surface area contributed by atoms with Gasteiger partial charge in [0.2, 0.25) is 5.91 Å². The van der Waals surface area contributed by atoms with E-state index in [0.29, 0.717) is 16.8 Å². The summed E-state index contributed by atoms with van der Waals surface area (Å²) in [5.41, 5.74) is -1.82. The van der Waals surface area contributed by atoms with Gasteiger partial charge in [-0.05, 0) is 24.3 Å². The Morgan fingerprint density at radius 1 is 1.25 bits per heavy atom. The number of benzene rings is 2. The molecule has 6 nitrogen and oxygen atoms in total. The average Bonchev–Trinajstić information content (AvgIpc) is 2.63. The summed E-state index contributed by atoms with van der Waals surface area (Å²) in [6.45, 7) is 0.320. The number of nitro benzene ring substituents is 1. The van der Waals surface area contributed by atoms with Crippen molar-refractivity contribution in [1.29, 1.82) is 0 Å². The van der Waals surface area contributed by atoms with E-state index in [-0.39, 0.29) is 23.8 Å². The first kappa shape index (κ1) is 21.8. The van der Waals surface area contributed by atoms with E-state index in [2.05, 4.69) is 5.32 Å². The van der Waals surface area contributed by atoms with Gasteiger partial charge < -0.3 is 10.1 Å². The first-order chi connectivity index (χ1) is 13.2.